The summed E-state index contributed by atoms with van der Waals surface area (Å²) in [7, 11) is 0. The largest absolute Gasteiger partial charge is 0.446 e. The number of ether oxygens (including phenoxy) is 2. The molecule has 1 unspecified atom stereocenters. The van der Waals surface area contributed by atoms with Gasteiger partial charge in [0, 0.05) is 24.7 Å². The smallest absolute Gasteiger partial charge is 0.416 e. The third-order valence-corrected chi connectivity index (χ3v) is 4.31. The Morgan fingerprint density at radius 1 is 1.22 bits per heavy atom. The Labute approximate surface area is 155 Å². The molecule has 1 aliphatic heterocycles. The molecular formula is C16H14F3N3O4S. The fourth-order valence-electron chi connectivity index (χ4n) is 2.09. The second kappa shape index (κ2) is 7.82. The van der Waals surface area contributed by atoms with E-state index in [9.17, 15) is 22.8 Å². The van der Waals surface area contributed by atoms with Crippen LogP contribution in [-0.2, 0) is 15.7 Å². The molecule has 1 fully saturated rings. The number of halogens is 3. The number of hydrogen-bond acceptors (Lipinski definition) is 6. The van der Waals surface area contributed by atoms with Crippen molar-refractivity contribution in [3.05, 3.63) is 41.4 Å². The maximum atomic E-state index is 12.6. The molecule has 3 rings (SSSR count). The molecule has 144 valence electrons. The van der Waals surface area contributed by atoms with Crippen LogP contribution in [0, 0.1) is 0 Å². The zero-order chi connectivity index (χ0) is 19.4. The number of anilines is 1. The van der Waals surface area contributed by atoms with E-state index in [4.69, 9.17) is 9.47 Å². The van der Waals surface area contributed by atoms with Crippen LogP contribution in [0.2, 0.25) is 0 Å². The molecule has 7 nitrogen and oxygen atoms in total. The molecule has 11 heteroatoms. The minimum atomic E-state index is -4.50. The van der Waals surface area contributed by atoms with E-state index in [-0.39, 0.29) is 10.9 Å². The van der Waals surface area contributed by atoms with Gasteiger partial charge in [-0.3, -0.25) is 10.1 Å². The van der Waals surface area contributed by atoms with E-state index in [2.05, 4.69) is 10.3 Å². The Bertz CT molecular complexity index is 792. The lowest BCUT2D eigenvalue weighted by atomic mass is 10.2. The van der Waals surface area contributed by atoms with Gasteiger partial charge in [0.2, 0.25) is 0 Å². The summed E-state index contributed by atoms with van der Waals surface area (Å²) < 4.78 is 48.3. The van der Waals surface area contributed by atoms with E-state index in [1.54, 1.807) is 5.38 Å². The SMILES string of the molecule is O=C(Nc1nccs1)C(OC(=O)N1CCC1)Oc1ccc(C(F)(F)F)cc1. The highest BCUT2D eigenvalue weighted by atomic mass is 32.1. The van der Waals surface area contributed by atoms with Crippen molar-refractivity contribution in [1.82, 2.24) is 9.88 Å². The van der Waals surface area contributed by atoms with E-state index in [1.807, 2.05) is 0 Å². The zero-order valence-corrected chi connectivity index (χ0v) is 14.5. The van der Waals surface area contributed by atoms with Crippen LogP contribution in [0.15, 0.2) is 35.8 Å². The van der Waals surface area contributed by atoms with Gasteiger partial charge in [-0.2, -0.15) is 13.2 Å². The van der Waals surface area contributed by atoms with Crippen LogP contribution < -0.4 is 10.1 Å². The average Bonchev–Trinajstić information content (AvgIpc) is 3.05. The van der Waals surface area contributed by atoms with Crippen LogP contribution in [0.25, 0.3) is 0 Å². The first kappa shape index (κ1) is 19.0. The normalized spacial score (nSPS) is 14.9. The lowest BCUT2D eigenvalue weighted by Crippen LogP contribution is -2.46. The third kappa shape index (κ3) is 4.88. The molecule has 27 heavy (non-hydrogen) atoms. The van der Waals surface area contributed by atoms with E-state index >= 15 is 0 Å². The van der Waals surface area contributed by atoms with Gasteiger partial charge in [-0.1, -0.05) is 0 Å². The highest BCUT2D eigenvalue weighted by molar-refractivity contribution is 7.13. The van der Waals surface area contributed by atoms with Crippen LogP contribution in [0.4, 0.5) is 23.1 Å². The summed E-state index contributed by atoms with van der Waals surface area (Å²) in [6.07, 6.45) is -4.63. The fourth-order valence-corrected chi connectivity index (χ4v) is 2.62. The van der Waals surface area contributed by atoms with Crippen LogP contribution in [0.1, 0.15) is 12.0 Å². The quantitative estimate of drug-likeness (QED) is 0.778. The second-order valence-corrected chi connectivity index (χ2v) is 6.42. The monoisotopic (exact) mass is 401 g/mol. The molecule has 0 bridgehead atoms. The summed E-state index contributed by atoms with van der Waals surface area (Å²) in [5, 5.41) is 4.32. The lowest BCUT2D eigenvalue weighted by Gasteiger charge is -2.31. The fraction of sp³-hybridized carbons (Fsp3) is 0.312. The van der Waals surface area contributed by atoms with Crippen molar-refractivity contribution in [2.24, 2.45) is 0 Å². The Kier molecular flexibility index (Phi) is 5.49. The van der Waals surface area contributed by atoms with Crippen molar-refractivity contribution < 1.29 is 32.2 Å². The van der Waals surface area contributed by atoms with Crippen molar-refractivity contribution in [2.45, 2.75) is 18.9 Å². The number of benzene rings is 1. The van der Waals surface area contributed by atoms with Crippen molar-refractivity contribution in [3.8, 4) is 5.75 Å². The summed E-state index contributed by atoms with van der Waals surface area (Å²) in [6.45, 7) is 1.000. The van der Waals surface area contributed by atoms with E-state index in [0.29, 0.717) is 13.1 Å². The summed E-state index contributed by atoms with van der Waals surface area (Å²) >= 11 is 1.15. The first-order chi connectivity index (χ1) is 12.8. The van der Waals surface area contributed by atoms with Crippen molar-refractivity contribution >= 4 is 28.5 Å². The molecule has 2 amide bonds. The van der Waals surface area contributed by atoms with E-state index in [1.165, 1.54) is 11.1 Å². The molecule has 1 N–H and O–H groups in total. The number of carbonyl (C=O) groups is 2. The minimum absolute atomic E-state index is 0.0568. The Morgan fingerprint density at radius 2 is 1.93 bits per heavy atom. The second-order valence-electron chi connectivity index (χ2n) is 5.52. The molecule has 1 aromatic heterocycles. The number of likely N-dealkylation sites (tertiary alicyclic amines) is 1. The standard InChI is InChI=1S/C16H14F3N3O4S/c17-16(18,19)10-2-4-11(5-3-10)25-13(26-15(24)22-7-1-8-22)12(23)21-14-20-6-9-27-14/h2-6,9,13H,1,7-8H2,(H,20,21,23). The van der Waals surface area contributed by atoms with Gasteiger partial charge < -0.3 is 14.4 Å². The van der Waals surface area contributed by atoms with Gasteiger partial charge in [0.25, 0.3) is 0 Å². The maximum absolute atomic E-state index is 12.6. The first-order valence-corrected chi connectivity index (χ1v) is 8.71. The van der Waals surface area contributed by atoms with Gasteiger partial charge in [0.1, 0.15) is 5.75 Å². The highest BCUT2D eigenvalue weighted by Gasteiger charge is 2.32. The molecule has 0 aliphatic carbocycles. The number of amides is 2. The predicted octanol–water partition coefficient (Wildman–Crippen LogP) is 3.35. The van der Waals surface area contributed by atoms with Crippen molar-refractivity contribution in [2.75, 3.05) is 18.4 Å². The van der Waals surface area contributed by atoms with Gasteiger partial charge >= 0.3 is 24.5 Å². The van der Waals surface area contributed by atoms with Crippen LogP contribution >= 0.6 is 11.3 Å². The molecule has 1 aromatic carbocycles. The van der Waals surface area contributed by atoms with Gasteiger partial charge in [-0.05, 0) is 30.7 Å². The van der Waals surface area contributed by atoms with Crippen LogP contribution in [-0.4, -0.2) is 41.3 Å². The number of hydrogen-bond donors (Lipinski definition) is 1. The lowest BCUT2D eigenvalue weighted by molar-refractivity contribution is -0.140. The number of nitrogens with zero attached hydrogens (tertiary/aromatic N) is 2. The summed E-state index contributed by atoms with van der Waals surface area (Å²) in [4.78, 5) is 29.6. The minimum Gasteiger partial charge on any atom is -0.446 e. The van der Waals surface area contributed by atoms with Crippen LogP contribution in [0.5, 0.6) is 5.75 Å². The van der Waals surface area contributed by atoms with Gasteiger partial charge in [-0.15, -0.1) is 11.3 Å². The molecule has 2 aromatic rings. The maximum Gasteiger partial charge on any atom is 0.416 e. The van der Waals surface area contributed by atoms with E-state index in [0.717, 1.165) is 42.0 Å². The summed E-state index contributed by atoms with van der Waals surface area (Å²) in [6, 6.07) is 3.71. The molecule has 1 atom stereocenters. The molecule has 2 heterocycles. The molecule has 0 spiro atoms. The first-order valence-electron chi connectivity index (χ1n) is 7.83. The number of rotatable bonds is 5. The topological polar surface area (TPSA) is 80.8 Å². The zero-order valence-electron chi connectivity index (χ0n) is 13.7. The molecule has 0 saturated carbocycles. The molecule has 0 radical (unpaired) electrons. The number of carbonyl (C=O) groups excluding carboxylic acids is 2. The third-order valence-electron chi connectivity index (χ3n) is 3.62. The molecule has 1 aliphatic rings. The summed E-state index contributed by atoms with van der Waals surface area (Å²) in [5.41, 5.74) is -0.865. The van der Waals surface area contributed by atoms with Gasteiger partial charge in [0.05, 0.1) is 5.56 Å². The Morgan fingerprint density at radius 3 is 2.44 bits per heavy atom. The number of thiazole rings is 1. The Balaban J connectivity index is 1.71. The van der Waals surface area contributed by atoms with Crippen molar-refractivity contribution in [3.63, 3.8) is 0 Å². The van der Waals surface area contributed by atoms with Gasteiger partial charge in [-0.25, -0.2) is 9.78 Å². The molecular weight excluding hydrogens is 387 g/mol. The number of aromatic nitrogens is 1. The Hall–Kier alpha value is -2.82. The van der Waals surface area contributed by atoms with Crippen LogP contribution in [0.3, 0.4) is 0 Å². The number of nitrogens with one attached hydrogen (secondary N) is 1. The number of alkyl halides is 3. The molecule has 1 saturated heterocycles. The average molecular weight is 401 g/mol. The van der Waals surface area contributed by atoms with E-state index < -0.39 is 30.0 Å². The van der Waals surface area contributed by atoms with Crippen molar-refractivity contribution in [1.29, 1.82) is 0 Å². The summed E-state index contributed by atoms with van der Waals surface area (Å²) in [5.74, 6) is -0.864. The predicted molar refractivity (Wildman–Crippen MR) is 89.3 cm³/mol. The van der Waals surface area contributed by atoms with Gasteiger partial charge in [0.15, 0.2) is 5.13 Å². The highest BCUT2D eigenvalue weighted by Crippen LogP contribution is 2.30.